The van der Waals surface area contributed by atoms with Gasteiger partial charge in [-0.15, -0.1) is 11.3 Å². The summed E-state index contributed by atoms with van der Waals surface area (Å²) in [5, 5.41) is 4.76. The van der Waals surface area contributed by atoms with Crippen molar-refractivity contribution in [3.63, 3.8) is 0 Å². The van der Waals surface area contributed by atoms with Gasteiger partial charge in [-0.05, 0) is 50.0 Å². The molecule has 0 aromatic carbocycles. The Labute approximate surface area is 154 Å². The molecule has 2 heterocycles. The summed E-state index contributed by atoms with van der Waals surface area (Å²) in [6.07, 6.45) is -1.81. The highest BCUT2D eigenvalue weighted by molar-refractivity contribution is 7.12. The smallest absolute Gasteiger partial charge is 0.353 e. The highest BCUT2D eigenvalue weighted by atomic mass is 32.1. The molecule has 1 aliphatic heterocycles. The second kappa shape index (κ2) is 7.98. The summed E-state index contributed by atoms with van der Waals surface area (Å²) >= 11 is 1.38. The van der Waals surface area contributed by atoms with Gasteiger partial charge >= 0.3 is 6.18 Å². The molecule has 8 heteroatoms. The van der Waals surface area contributed by atoms with Gasteiger partial charge in [0.15, 0.2) is 0 Å². The lowest BCUT2D eigenvalue weighted by atomic mass is 9.85. The summed E-state index contributed by atoms with van der Waals surface area (Å²) in [5.41, 5.74) is 0. The Kier molecular flexibility index (Phi) is 5.89. The van der Waals surface area contributed by atoms with Crippen LogP contribution in [0.1, 0.15) is 48.2 Å². The Morgan fingerprint density at radius 2 is 1.88 bits per heavy atom. The van der Waals surface area contributed by atoms with Crippen LogP contribution in [0.25, 0.3) is 0 Å². The molecule has 4 nitrogen and oxygen atoms in total. The number of nitrogens with zero attached hydrogens (tertiary/aromatic N) is 1. The topological polar surface area (TPSA) is 49.4 Å². The molecule has 0 bridgehead atoms. The maximum atomic E-state index is 12.7. The van der Waals surface area contributed by atoms with Crippen LogP contribution < -0.4 is 5.32 Å². The van der Waals surface area contributed by atoms with Gasteiger partial charge in [0.1, 0.15) is 0 Å². The van der Waals surface area contributed by atoms with E-state index in [2.05, 4.69) is 5.32 Å². The molecule has 3 rings (SSSR count). The van der Waals surface area contributed by atoms with Crippen molar-refractivity contribution in [2.24, 2.45) is 11.8 Å². The van der Waals surface area contributed by atoms with Crippen molar-refractivity contribution >= 4 is 23.2 Å². The largest absolute Gasteiger partial charge is 0.391 e. The first-order valence-corrected chi connectivity index (χ1v) is 9.92. The van der Waals surface area contributed by atoms with Gasteiger partial charge in [-0.3, -0.25) is 9.59 Å². The van der Waals surface area contributed by atoms with Gasteiger partial charge in [0.2, 0.25) is 5.91 Å². The molecule has 144 valence electrons. The summed E-state index contributed by atoms with van der Waals surface area (Å²) in [5.74, 6) is -1.72. The first-order chi connectivity index (χ1) is 12.3. The fraction of sp³-hybridized carbons (Fsp3) is 0.667. The molecule has 26 heavy (non-hydrogen) atoms. The fourth-order valence-corrected chi connectivity index (χ4v) is 4.51. The van der Waals surface area contributed by atoms with E-state index in [1.807, 2.05) is 11.4 Å². The van der Waals surface area contributed by atoms with Gasteiger partial charge in [0, 0.05) is 19.1 Å². The first-order valence-electron chi connectivity index (χ1n) is 9.04. The van der Waals surface area contributed by atoms with Crippen LogP contribution in [0.5, 0.6) is 0 Å². The van der Waals surface area contributed by atoms with Crippen molar-refractivity contribution in [1.82, 2.24) is 10.2 Å². The Bertz CT molecular complexity index is 625. The number of piperidine rings is 1. The first kappa shape index (κ1) is 19.2. The highest BCUT2D eigenvalue weighted by Gasteiger charge is 2.42. The van der Waals surface area contributed by atoms with E-state index in [1.54, 1.807) is 11.0 Å². The van der Waals surface area contributed by atoms with Gasteiger partial charge in [0.05, 0.1) is 16.7 Å². The van der Waals surface area contributed by atoms with Crippen LogP contribution in [-0.2, 0) is 4.79 Å². The van der Waals surface area contributed by atoms with E-state index in [-0.39, 0.29) is 36.6 Å². The van der Waals surface area contributed by atoms with Crippen LogP contribution in [0.15, 0.2) is 17.5 Å². The van der Waals surface area contributed by atoms with Gasteiger partial charge in [-0.25, -0.2) is 0 Å². The minimum absolute atomic E-state index is 0.0526. The van der Waals surface area contributed by atoms with Crippen LogP contribution in [0.4, 0.5) is 13.2 Å². The zero-order valence-electron chi connectivity index (χ0n) is 14.4. The SMILES string of the molecule is O=C(NC1CCC(C(F)(F)F)CC1)C1CCCN(C(=O)c2cccs2)C1. The van der Waals surface area contributed by atoms with Crippen LogP contribution in [-0.4, -0.2) is 42.0 Å². The van der Waals surface area contributed by atoms with Gasteiger partial charge < -0.3 is 10.2 Å². The second-order valence-electron chi connectivity index (χ2n) is 7.17. The molecule has 2 fully saturated rings. The molecule has 1 saturated carbocycles. The van der Waals surface area contributed by atoms with Crippen molar-refractivity contribution in [3.8, 4) is 0 Å². The standard InChI is InChI=1S/C18H23F3N2O2S/c19-18(20,21)13-5-7-14(8-6-13)22-16(24)12-3-1-9-23(11-12)17(25)15-4-2-10-26-15/h2,4,10,12-14H,1,3,5-9,11H2,(H,22,24). The predicted octanol–water partition coefficient (Wildman–Crippen LogP) is 3.84. The molecule has 1 unspecified atom stereocenters. The monoisotopic (exact) mass is 388 g/mol. The molecular formula is C18H23F3N2O2S. The third kappa shape index (κ3) is 4.58. The van der Waals surface area contributed by atoms with Crippen LogP contribution in [0.3, 0.4) is 0 Å². The minimum atomic E-state index is -4.14. The molecule has 0 spiro atoms. The second-order valence-corrected chi connectivity index (χ2v) is 8.11. The summed E-state index contributed by atoms with van der Waals surface area (Å²) < 4.78 is 38.2. The van der Waals surface area contributed by atoms with Crippen molar-refractivity contribution in [1.29, 1.82) is 0 Å². The lowest BCUT2D eigenvalue weighted by Crippen LogP contribution is -2.48. The fourth-order valence-electron chi connectivity index (χ4n) is 3.82. The van der Waals surface area contributed by atoms with E-state index in [0.29, 0.717) is 37.2 Å². The zero-order chi connectivity index (χ0) is 18.7. The summed E-state index contributed by atoms with van der Waals surface area (Å²) in [6, 6.07) is 3.41. The van der Waals surface area contributed by atoms with Crippen LogP contribution in [0, 0.1) is 11.8 Å². The average Bonchev–Trinajstić information content (AvgIpc) is 3.15. The van der Waals surface area contributed by atoms with E-state index in [9.17, 15) is 22.8 Å². The number of nitrogens with one attached hydrogen (secondary N) is 1. The van der Waals surface area contributed by atoms with E-state index in [1.165, 1.54) is 11.3 Å². The molecule has 0 radical (unpaired) electrons. The molecule has 1 aliphatic carbocycles. The number of hydrogen-bond donors (Lipinski definition) is 1. The Morgan fingerprint density at radius 3 is 2.50 bits per heavy atom. The number of rotatable bonds is 3. The third-order valence-electron chi connectivity index (χ3n) is 5.35. The molecule has 1 aromatic rings. The number of halogens is 3. The molecule has 1 N–H and O–H groups in total. The van der Waals surface area contributed by atoms with Gasteiger partial charge in [-0.2, -0.15) is 13.2 Å². The Morgan fingerprint density at radius 1 is 1.15 bits per heavy atom. The Balaban J connectivity index is 1.50. The minimum Gasteiger partial charge on any atom is -0.353 e. The normalized spacial score (nSPS) is 27.2. The molecule has 1 aromatic heterocycles. The van der Waals surface area contributed by atoms with Crippen LogP contribution in [0.2, 0.25) is 0 Å². The maximum absolute atomic E-state index is 12.7. The average molecular weight is 388 g/mol. The summed E-state index contributed by atoms with van der Waals surface area (Å²) in [6.45, 7) is 1.01. The maximum Gasteiger partial charge on any atom is 0.391 e. The van der Waals surface area contributed by atoms with Crippen molar-refractivity contribution < 1.29 is 22.8 Å². The number of amides is 2. The quantitative estimate of drug-likeness (QED) is 0.855. The van der Waals surface area contributed by atoms with Gasteiger partial charge in [0.25, 0.3) is 5.91 Å². The lowest BCUT2D eigenvalue weighted by molar-refractivity contribution is -0.182. The molecule has 2 amide bonds. The molecule has 2 aliphatic rings. The van der Waals surface area contributed by atoms with Crippen molar-refractivity contribution in [3.05, 3.63) is 22.4 Å². The molecular weight excluding hydrogens is 365 g/mol. The number of carbonyl (C=O) groups is 2. The predicted molar refractivity (Wildman–Crippen MR) is 92.9 cm³/mol. The van der Waals surface area contributed by atoms with E-state index in [0.717, 1.165) is 6.42 Å². The third-order valence-corrected chi connectivity index (χ3v) is 6.21. The van der Waals surface area contributed by atoms with Crippen molar-refractivity contribution in [2.45, 2.75) is 50.7 Å². The molecule has 1 saturated heterocycles. The van der Waals surface area contributed by atoms with E-state index < -0.39 is 12.1 Å². The number of thiophene rings is 1. The van der Waals surface area contributed by atoms with Crippen LogP contribution >= 0.6 is 11.3 Å². The van der Waals surface area contributed by atoms with E-state index in [4.69, 9.17) is 0 Å². The Hall–Kier alpha value is -1.57. The molecule has 1 atom stereocenters. The highest BCUT2D eigenvalue weighted by Crippen LogP contribution is 2.37. The summed E-state index contributed by atoms with van der Waals surface area (Å²) in [7, 11) is 0. The number of alkyl halides is 3. The van der Waals surface area contributed by atoms with E-state index >= 15 is 0 Å². The van der Waals surface area contributed by atoms with Gasteiger partial charge in [-0.1, -0.05) is 6.07 Å². The number of hydrogen-bond acceptors (Lipinski definition) is 3. The number of carbonyl (C=O) groups excluding carboxylic acids is 2. The lowest BCUT2D eigenvalue weighted by Gasteiger charge is -2.34. The summed E-state index contributed by atoms with van der Waals surface area (Å²) in [4.78, 5) is 27.3. The van der Waals surface area contributed by atoms with Crippen molar-refractivity contribution in [2.75, 3.05) is 13.1 Å². The number of likely N-dealkylation sites (tertiary alicyclic amines) is 1. The zero-order valence-corrected chi connectivity index (χ0v) is 15.2.